The lowest BCUT2D eigenvalue weighted by molar-refractivity contribution is -0.114. The lowest BCUT2D eigenvalue weighted by atomic mass is 10.1. The number of benzene rings is 2. The molecule has 4 nitrogen and oxygen atoms in total. The first-order chi connectivity index (χ1) is 10.4. The van der Waals surface area contributed by atoms with Crippen molar-refractivity contribution in [1.29, 1.82) is 0 Å². The number of carbonyl (C=O) groups is 2. The van der Waals surface area contributed by atoms with Gasteiger partial charge in [-0.3, -0.25) is 9.59 Å². The maximum atomic E-state index is 12.6. The van der Waals surface area contributed by atoms with E-state index in [1.54, 1.807) is 12.1 Å². The van der Waals surface area contributed by atoms with Crippen LogP contribution in [0.1, 0.15) is 34.0 Å². The van der Waals surface area contributed by atoms with Gasteiger partial charge in [0.05, 0.1) is 11.3 Å². The van der Waals surface area contributed by atoms with Crippen molar-refractivity contribution >= 4 is 23.2 Å². The third-order valence-corrected chi connectivity index (χ3v) is 3.54. The van der Waals surface area contributed by atoms with Gasteiger partial charge in [-0.15, -0.1) is 0 Å². The Morgan fingerprint density at radius 1 is 0.773 bits per heavy atom. The molecule has 0 bridgehead atoms. The average molecular weight is 296 g/mol. The van der Waals surface area contributed by atoms with E-state index in [1.807, 2.05) is 45.0 Å². The number of carbonyl (C=O) groups excluding carboxylic acids is 2. The summed E-state index contributed by atoms with van der Waals surface area (Å²) >= 11 is 0. The lowest BCUT2D eigenvalue weighted by Crippen LogP contribution is -2.18. The van der Waals surface area contributed by atoms with Crippen molar-refractivity contribution in [3.05, 3.63) is 58.7 Å². The molecule has 2 rings (SSSR count). The summed E-state index contributed by atoms with van der Waals surface area (Å²) in [6, 6.07) is 11.2. The summed E-state index contributed by atoms with van der Waals surface area (Å²) in [6.07, 6.45) is 0. The Bertz CT molecular complexity index is 716. The number of nitrogens with one attached hydrogen (secondary N) is 2. The number of hydrogen-bond acceptors (Lipinski definition) is 2. The molecule has 0 aliphatic heterocycles. The fourth-order valence-corrected chi connectivity index (χ4v) is 2.39. The summed E-state index contributed by atoms with van der Waals surface area (Å²) in [4.78, 5) is 24.0. The van der Waals surface area contributed by atoms with Crippen LogP contribution in [0.4, 0.5) is 11.4 Å². The minimum atomic E-state index is -0.232. The van der Waals surface area contributed by atoms with Gasteiger partial charge in [-0.05, 0) is 43.5 Å². The molecular formula is C18H20N2O2. The molecule has 0 spiro atoms. The number of para-hydroxylation sites is 2. The normalized spacial score (nSPS) is 10.2. The predicted molar refractivity (Wildman–Crippen MR) is 89.4 cm³/mol. The van der Waals surface area contributed by atoms with Crippen LogP contribution in [-0.4, -0.2) is 11.8 Å². The fraction of sp³-hybridized carbons (Fsp3) is 0.222. The van der Waals surface area contributed by atoms with Gasteiger partial charge >= 0.3 is 0 Å². The van der Waals surface area contributed by atoms with Gasteiger partial charge in [0.1, 0.15) is 0 Å². The molecule has 0 fully saturated rings. The highest BCUT2D eigenvalue weighted by Crippen LogP contribution is 2.24. The smallest absolute Gasteiger partial charge is 0.257 e. The van der Waals surface area contributed by atoms with Crippen LogP contribution in [0.3, 0.4) is 0 Å². The monoisotopic (exact) mass is 296 g/mol. The largest absolute Gasteiger partial charge is 0.325 e. The van der Waals surface area contributed by atoms with Gasteiger partial charge in [-0.2, -0.15) is 0 Å². The molecule has 0 aliphatic rings. The van der Waals surface area contributed by atoms with E-state index in [9.17, 15) is 9.59 Å². The molecular weight excluding hydrogens is 276 g/mol. The molecule has 2 amide bonds. The molecule has 2 aromatic rings. The van der Waals surface area contributed by atoms with Gasteiger partial charge in [0.2, 0.25) is 5.91 Å². The van der Waals surface area contributed by atoms with Crippen molar-refractivity contribution in [2.24, 2.45) is 0 Å². The highest BCUT2D eigenvalue weighted by molar-refractivity contribution is 6.11. The molecule has 114 valence electrons. The van der Waals surface area contributed by atoms with Gasteiger partial charge in [0, 0.05) is 12.6 Å². The second kappa shape index (κ2) is 6.43. The van der Waals surface area contributed by atoms with Crippen molar-refractivity contribution in [3.8, 4) is 0 Å². The van der Waals surface area contributed by atoms with E-state index < -0.39 is 0 Å². The zero-order chi connectivity index (χ0) is 16.3. The van der Waals surface area contributed by atoms with Crippen molar-refractivity contribution in [3.63, 3.8) is 0 Å². The Balaban J connectivity index is 2.38. The molecule has 0 atom stereocenters. The van der Waals surface area contributed by atoms with Gasteiger partial charge in [0.15, 0.2) is 0 Å². The maximum absolute atomic E-state index is 12.6. The van der Waals surface area contributed by atoms with Gasteiger partial charge < -0.3 is 10.6 Å². The van der Waals surface area contributed by atoms with Crippen LogP contribution in [-0.2, 0) is 4.79 Å². The SMILES string of the molecule is CC(=O)Nc1c(C)cccc1C(=O)Nc1c(C)cccc1C. The third kappa shape index (κ3) is 3.34. The van der Waals surface area contributed by atoms with E-state index in [0.717, 1.165) is 22.4 Å². The van der Waals surface area contributed by atoms with Crippen LogP contribution in [0.25, 0.3) is 0 Å². The van der Waals surface area contributed by atoms with Crippen LogP contribution in [0, 0.1) is 20.8 Å². The minimum absolute atomic E-state index is 0.199. The lowest BCUT2D eigenvalue weighted by Gasteiger charge is -2.15. The molecule has 0 unspecified atom stereocenters. The van der Waals surface area contributed by atoms with Gasteiger partial charge in [0.25, 0.3) is 5.91 Å². The number of rotatable bonds is 3. The molecule has 22 heavy (non-hydrogen) atoms. The molecule has 0 heterocycles. The van der Waals surface area contributed by atoms with E-state index in [-0.39, 0.29) is 11.8 Å². The average Bonchev–Trinajstić information content (AvgIpc) is 2.44. The van der Waals surface area contributed by atoms with Gasteiger partial charge in [-0.1, -0.05) is 30.3 Å². The quantitative estimate of drug-likeness (QED) is 0.904. The fourth-order valence-electron chi connectivity index (χ4n) is 2.39. The van der Waals surface area contributed by atoms with Crippen LogP contribution < -0.4 is 10.6 Å². The zero-order valence-corrected chi connectivity index (χ0v) is 13.3. The molecule has 0 saturated heterocycles. The molecule has 2 aromatic carbocycles. The van der Waals surface area contributed by atoms with E-state index in [2.05, 4.69) is 10.6 Å². The molecule has 0 saturated carbocycles. The maximum Gasteiger partial charge on any atom is 0.257 e. The molecule has 4 heteroatoms. The van der Waals surface area contributed by atoms with Gasteiger partial charge in [-0.25, -0.2) is 0 Å². The highest BCUT2D eigenvalue weighted by Gasteiger charge is 2.15. The van der Waals surface area contributed by atoms with Crippen LogP contribution in [0.5, 0.6) is 0 Å². The Labute approximate surface area is 130 Å². The van der Waals surface area contributed by atoms with Crippen LogP contribution in [0.15, 0.2) is 36.4 Å². The highest BCUT2D eigenvalue weighted by atomic mass is 16.2. The first-order valence-electron chi connectivity index (χ1n) is 7.15. The zero-order valence-electron chi connectivity index (χ0n) is 13.3. The Morgan fingerprint density at radius 2 is 1.27 bits per heavy atom. The number of hydrogen-bond donors (Lipinski definition) is 2. The number of aryl methyl sites for hydroxylation is 3. The second-order valence-electron chi connectivity index (χ2n) is 5.40. The number of amides is 2. The minimum Gasteiger partial charge on any atom is -0.325 e. The Kier molecular flexibility index (Phi) is 4.61. The van der Waals surface area contributed by atoms with Crippen molar-refractivity contribution in [2.45, 2.75) is 27.7 Å². The Morgan fingerprint density at radius 3 is 1.82 bits per heavy atom. The second-order valence-corrected chi connectivity index (χ2v) is 5.40. The van der Waals surface area contributed by atoms with Crippen LogP contribution in [0.2, 0.25) is 0 Å². The summed E-state index contributed by atoms with van der Waals surface area (Å²) in [5, 5.41) is 5.68. The van der Waals surface area contributed by atoms with E-state index in [4.69, 9.17) is 0 Å². The van der Waals surface area contributed by atoms with Crippen LogP contribution >= 0.6 is 0 Å². The summed E-state index contributed by atoms with van der Waals surface area (Å²) in [7, 11) is 0. The first kappa shape index (κ1) is 15.8. The summed E-state index contributed by atoms with van der Waals surface area (Å²) < 4.78 is 0. The van der Waals surface area contributed by atoms with E-state index >= 15 is 0 Å². The first-order valence-corrected chi connectivity index (χ1v) is 7.15. The molecule has 0 aliphatic carbocycles. The molecule has 0 aromatic heterocycles. The summed E-state index contributed by atoms with van der Waals surface area (Å²) in [5.41, 5.74) is 4.67. The van der Waals surface area contributed by atoms with Crippen molar-refractivity contribution < 1.29 is 9.59 Å². The molecule has 2 N–H and O–H groups in total. The van der Waals surface area contributed by atoms with E-state index in [1.165, 1.54) is 6.92 Å². The molecule has 0 radical (unpaired) electrons. The third-order valence-electron chi connectivity index (χ3n) is 3.54. The summed E-state index contributed by atoms with van der Waals surface area (Å²) in [5.74, 6) is -0.430. The Hall–Kier alpha value is -2.62. The van der Waals surface area contributed by atoms with E-state index in [0.29, 0.717) is 11.3 Å². The standard InChI is InChI=1S/C18H20N2O2/c1-11-7-5-8-12(2)16(11)20-18(22)15-10-6-9-13(3)17(15)19-14(4)21/h5-10H,1-4H3,(H,19,21)(H,20,22). The topological polar surface area (TPSA) is 58.2 Å². The number of anilines is 2. The van der Waals surface area contributed by atoms with Crippen molar-refractivity contribution in [2.75, 3.05) is 10.6 Å². The summed E-state index contributed by atoms with van der Waals surface area (Å²) in [6.45, 7) is 7.20. The predicted octanol–water partition coefficient (Wildman–Crippen LogP) is 3.82. The van der Waals surface area contributed by atoms with Crippen molar-refractivity contribution in [1.82, 2.24) is 0 Å².